The van der Waals surface area contributed by atoms with E-state index in [0.29, 0.717) is 0 Å². The molecule has 0 unspecified atom stereocenters. The molecule has 0 aromatic heterocycles. The molecule has 1 aliphatic heterocycles. The lowest BCUT2D eigenvalue weighted by atomic mass is 9.96. The van der Waals surface area contributed by atoms with Crippen LogP contribution in [0.3, 0.4) is 0 Å². The quantitative estimate of drug-likeness (QED) is 0.446. The number of hydrogen-bond donors (Lipinski definition) is 4. The maximum Gasteiger partial charge on any atom is 0.249 e. The molecule has 0 saturated carbocycles. The molecule has 1 amide bonds. The SMILES string of the molecule is CO[C@H]1O[C@H](C)[C@@H](NC(=O)[C@H](O)CCO)[C@H](O)[C@@H]1OC. The zero-order valence-corrected chi connectivity index (χ0v) is 11.9. The van der Waals surface area contributed by atoms with Crippen LogP contribution < -0.4 is 5.32 Å². The second kappa shape index (κ2) is 7.87. The van der Waals surface area contributed by atoms with E-state index >= 15 is 0 Å². The maximum absolute atomic E-state index is 11.7. The topological polar surface area (TPSA) is 117 Å². The molecule has 1 rings (SSSR count). The molecule has 8 heteroatoms. The van der Waals surface area contributed by atoms with Gasteiger partial charge in [-0.05, 0) is 6.92 Å². The van der Waals surface area contributed by atoms with Crippen molar-refractivity contribution in [3.05, 3.63) is 0 Å². The van der Waals surface area contributed by atoms with Crippen LogP contribution in [0.25, 0.3) is 0 Å². The van der Waals surface area contributed by atoms with Gasteiger partial charge in [0, 0.05) is 27.2 Å². The molecule has 0 radical (unpaired) electrons. The fourth-order valence-electron chi connectivity index (χ4n) is 2.17. The molecule has 1 aliphatic rings. The second-order valence-electron chi connectivity index (χ2n) is 4.70. The number of rotatable bonds is 6. The summed E-state index contributed by atoms with van der Waals surface area (Å²) in [5.41, 5.74) is 0. The number of amides is 1. The van der Waals surface area contributed by atoms with Crippen LogP contribution in [0.15, 0.2) is 0 Å². The van der Waals surface area contributed by atoms with Crippen molar-refractivity contribution in [2.45, 2.75) is 50.1 Å². The highest BCUT2D eigenvalue weighted by Crippen LogP contribution is 2.23. The van der Waals surface area contributed by atoms with Crippen LogP contribution in [0.1, 0.15) is 13.3 Å². The molecule has 4 N–H and O–H groups in total. The normalized spacial score (nSPS) is 35.6. The van der Waals surface area contributed by atoms with Gasteiger partial charge in [0.2, 0.25) is 5.91 Å². The lowest BCUT2D eigenvalue weighted by Gasteiger charge is -2.42. The van der Waals surface area contributed by atoms with Gasteiger partial charge in [-0.25, -0.2) is 0 Å². The Morgan fingerprint density at radius 2 is 2.05 bits per heavy atom. The smallest absolute Gasteiger partial charge is 0.249 e. The van der Waals surface area contributed by atoms with Gasteiger partial charge in [-0.2, -0.15) is 0 Å². The predicted molar refractivity (Wildman–Crippen MR) is 67.8 cm³/mol. The fourth-order valence-corrected chi connectivity index (χ4v) is 2.17. The Bertz CT molecular complexity index is 314. The molecule has 118 valence electrons. The van der Waals surface area contributed by atoms with Gasteiger partial charge in [-0.3, -0.25) is 4.79 Å². The van der Waals surface area contributed by atoms with Crippen LogP contribution in [0.4, 0.5) is 0 Å². The van der Waals surface area contributed by atoms with E-state index in [-0.39, 0.29) is 13.0 Å². The molecule has 1 saturated heterocycles. The fraction of sp³-hybridized carbons (Fsp3) is 0.917. The number of aliphatic hydroxyl groups excluding tert-OH is 3. The minimum Gasteiger partial charge on any atom is -0.396 e. The number of carbonyl (C=O) groups excluding carboxylic acids is 1. The number of hydrogen-bond acceptors (Lipinski definition) is 7. The van der Waals surface area contributed by atoms with Crippen LogP contribution in [0, 0.1) is 0 Å². The van der Waals surface area contributed by atoms with Gasteiger partial charge in [0.15, 0.2) is 6.29 Å². The van der Waals surface area contributed by atoms with E-state index in [2.05, 4.69) is 5.32 Å². The van der Waals surface area contributed by atoms with E-state index in [1.54, 1.807) is 6.92 Å². The molecular weight excluding hydrogens is 270 g/mol. The maximum atomic E-state index is 11.7. The lowest BCUT2D eigenvalue weighted by Crippen LogP contribution is -2.64. The van der Waals surface area contributed by atoms with E-state index < -0.39 is 42.7 Å². The summed E-state index contributed by atoms with van der Waals surface area (Å²) in [6.45, 7) is 1.37. The van der Waals surface area contributed by atoms with E-state index in [4.69, 9.17) is 19.3 Å². The summed E-state index contributed by atoms with van der Waals surface area (Å²) in [6.07, 6.45) is -4.46. The highest BCUT2D eigenvalue weighted by atomic mass is 16.7. The highest BCUT2D eigenvalue weighted by Gasteiger charge is 2.45. The zero-order valence-electron chi connectivity index (χ0n) is 11.9. The Hall–Kier alpha value is -0.770. The van der Waals surface area contributed by atoms with Crippen molar-refractivity contribution < 1.29 is 34.3 Å². The van der Waals surface area contributed by atoms with Crippen LogP contribution in [0.5, 0.6) is 0 Å². The number of ether oxygens (including phenoxy) is 3. The largest absolute Gasteiger partial charge is 0.396 e. The molecule has 0 aromatic rings. The van der Waals surface area contributed by atoms with Crippen molar-refractivity contribution >= 4 is 5.91 Å². The van der Waals surface area contributed by atoms with Crippen LogP contribution in [0.2, 0.25) is 0 Å². The van der Waals surface area contributed by atoms with E-state index in [1.807, 2.05) is 0 Å². The van der Waals surface area contributed by atoms with Gasteiger partial charge in [0.1, 0.15) is 18.3 Å². The Morgan fingerprint density at radius 1 is 1.40 bits per heavy atom. The average Bonchev–Trinajstić information content (AvgIpc) is 2.42. The first-order valence-corrected chi connectivity index (χ1v) is 6.44. The van der Waals surface area contributed by atoms with Gasteiger partial charge in [0.05, 0.1) is 12.1 Å². The third-order valence-corrected chi connectivity index (χ3v) is 3.35. The second-order valence-corrected chi connectivity index (χ2v) is 4.70. The number of aliphatic hydroxyl groups is 3. The first-order valence-electron chi connectivity index (χ1n) is 6.44. The van der Waals surface area contributed by atoms with Crippen molar-refractivity contribution in [3.63, 3.8) is 0 Å². The Kier molecular flexibility index (Phi) is 6.80. The molecule has 8 nitrogen and oxygen atoms in total. The molecule has 0 aromatic carbocycles. The third kappa shape index (κ3) is 3.87. The van der Waals surface area contributed by atoms with Gasteiger partial charge >= 0.3 is 0 Å². The van der Waals surface area contributed by atoms with E-state index in [9.17, 15) is 15.0 Å². The summed E-state index contributed by atoms with van der Waals surface area (Å²) in [4.78, 5) is 11.7. The third-order valence-electron chi connectivity index (χ3n) is 3.35. The summed E-state index contributed by atoms with van der Waals surface area (Å²) >= 11 is 0. The summed E-state index contributed by atoms with van der Waals surface area (Å²) in [6, 6.07) is -0.743. The van der Waals surface area contributed by atoms with Crippen molar-refractivity contribution in [2.24, 2.45) is 0 Å². The molecular formula is C12H23NO7. The summed E-state index contributed by atoms with van der Waals surface area (Å²) in [5, 5.41) is 30.9. The first kappa shape index (κ1) is 17.3. The van der Waals surface area contributed by atoms with Crippen LogP contribution >= 0.6 is 0 Å². The van der Waals surface area contributed by atoms with Crippen molar-refractivity contribution in [1.29, 1.82) is 0 Å². The number of nitrogens with one attached hydrogen (secondary N) is 1. The first-order chi connectivity index (χ1) is 9.46. The van der Waals surface area contributed by atoms with Gasteiger partial charge in [-0.15, -0.1) is 0 Å². The summed E-state index contributed by atoms with van der Waals surface area (Å²) < 4.78 is 15.7. The summed E-state index contributed by atoms with van der Waals surface area (Å²) in [5.74, 6) is -0.677. The molecule has 1 fully saturated rings. The van der Waals surface area contributed by atoms with Gasteiger partial charge in [-0.1, -0.05) is 0 Å². The van der Waals surface area contributed by atoms with Crippen molar-refractivity contribution in [1.82, 2.24) is 5.32 Å². The van der Waals surface area contributed by atoms with E-state index in [1.165, 1.54) is 14.2 Å². The zero-order chi connectivity index (χ0) is 15.3. The monoisotopic (exact) mass is 293 g/mol. The minimum atomic E-state index is -1.33. The predicted octanol–water partition coefficient (Wildman–Crippen LogP) is -2.02. The number of carbonyl (C=O) groups is 1. The van der Waals surface area contributed by atoms with Gasteiger partial charge in [0.25, 0.3) is 0 Å². The van der Waals surface area contributed by atoms with Crippen LogP contribution in [-0.4, -0.2) is 78.8 Å². The average molecular weight is 293 g/mol. The van der Waals surface area contributed by atoms with Crippen LogP contribution in [-0.2, 0) is 19.0 Å². The Balaban J connectivity index is 2.71. The molecule has 1 heterocycles. The van der Waals surface area contributed by atoms with E-state index in [0.717, 1.165) is 0 Å². The molecule has 20 heavy (non-hydrogen) atoms. The Morgan fingerprint density at radius 3 is 2.55 bits per heavy atom. The number of methoxy groups -OCH3 is 2. The molecule has 0 spiro atoms. The highest BCUT2D eigenvalue weighted by molar-refractivity contribution is 5.80. The van der Waals surface area contributed by atoms with Crippen molar-refractivity contribution in [2.75, 3.05) is 20.8 Å². The summed E-state index contributed by atoms with van der Waals surface area (Å²) in [7, 11) is 2.83. The lowest BCUT2D eigenvalue weighted by molar-refractivity contribution is -0.269. The molecule has 6 atom stereocenters. The molecule has 0 aliphatic carbocycles. The standard InChI is InChI=1S/C12H23NO7/c1-6-8(13-11(17)7(15)4-5-14)9(16)10(18-2)12(19-3)20-6/h6-10,12,14-16H,4-5H2,1-3H3,(H,13,17)/t6-,7-,8-,9+,10+,12+/m1/s1. The van der Waals surface area contributed by atoms with Crippen molar-refractivity contribution in [3.8, 4) is 0 Å². The Labute approximate surface area is 117 Å². The minimum absolute atomic E-state index is 0.0711. The molecule has 0 bridgehead atoms. The van der Waals surface area contributed by atoms with Gasteiger partial charge < -0.3 is 34.8 Å².